The van der Waals surface area contributed by atoms with E-state index in [4.69, 9.17) is 16.3 Å². The van der Waals surface area contributed by atoms with Gasteiger partial charge < -0.3 is 9.84 Å². The first-order valence-corrected chi connectivity index (χ1v) is 6.19. The van der Waals surface area contributed by atoms with Crippen LogP contribution in [0.3, 0.4) is 0 Å². The first-order valence-electron chi connectivity index (χ1n) is 5.81. The molecule has 1 N–H and O–H groups in total. The summed E-state index contributed by atoms with van der Waals surface area (Å²) in [6.07, 6.45) is 1.92. The molecule has 0 aromatic heterocycles. The van der Waals surface area contributed by atoms with E-state index in [2.05, 4.69) is 0 Å². The number of benzene rings is 1. The molecule has 2 nitrogen and oxygen atoms in total. The van der Waals surface area contributed by atoms with Crippen molar-refractivity contribution in [2.45, 2.75) is 44.8 Å². The first kappa shape index (κ1) is 12.7. The van der Waals surface area contributed by atoms with Crippen molar-refractivity contribution in [3.05, 3.63) is 28.5 Å². The van der Waals surface area contributed by atoms with Crippen molar-refractivity contribution < 1.29 is 14.2 Å². The fourth-order valence-electron chi connectivity index (χ4n) is 2.02. The zero-order chi connectivity index (χ0) is 12.6. The lowest BCUT2D eigenvalue weighted by molar-refractivity contribution is -0.0420. The molecule has 1 aromatic rings. The van der Waals surface area contributed by atoms with Crippen LogP contribution in [0.4, 0.5) is 4.39 Å². The highest BCUT2D eigenvalue weighted by Crippen LogP contribution is 2.44. The van der Waals surface area contributed by atoms with Crippen molar-refractivity contribution in [2.24, 2.45) is 0 Å². The average molecular weight is 259 g/mol. The van der Waals surface area contributed by atoms with Crippen LogP contribution >= 0.6 is 11.6 Å². The van der Waals surface area contributed by atoms with Crippen LogP contribution in [0, 0.1) is 5.82 Å². The summed E-state index contributed by atoms with van der Waals surface area (Å²) >= 11 is 5.93. The molecule has 0 amide bonds. The Morgan fingerprint density at radius 1 is 1.41 bits per heavy atom. The van der Waals surface area contributed by atoms with Gasteiger partial charge in [0, 0.05) is 16.7 Å². The standard InChI is InChI=1S/C13H16ClFO2/c1-8(2)17-11-7-9(14)6-10(12(11)15)13(16)4-3-5-13/h6-8,16H,3-5H2,1-2H3. The van der Waals surface area contributed by atoms with E-state index in [1.54, 1.807) is 0 Å². The summed E-state index contributed by atoms with van der Waals surface area (Å²) in [5.74, 6) is -0.381. The van der Waals surface area contributed by atoms with Gasteiger partial charge in [-0.1, -0.05) is 11.6 Å². The van der Waals surface area contributed by atoms with Crippen LogP contribution in [0.5, 0.6) is 5.75 Å². The smallest absolute Gasteiger partial charge is 0.171 e. The average Bonchev–Trinajstić information content (AvgIpc) is 2.19. The fraction of sp³-hybridized carbons (Fsp3) is 0.538. The molecule has 17 heavy (non-hydrogen) atoms. The van der Waals surface area contributed by atoms with Gasteiger partial charge >= 0.3 is 0 Å². The van der Waals surface area contributed by atoms with Gasteiger partial charge in [-0.2, -0.15) is 0 Å². The maximum Gasteiger partial charge on any atom is 0.171 e. The molecule has 1 saturated carbocycles. The zero-order valence-corrected chi connectivity index (χ0v) is 10.7. The number of ether oxygens (including phenoxy) is 1. The van der Waals surface area contributed by atoms with E-state index in [0.29, 0.717) is 17.9 Å². The number of rotatable bonds is 3. The first-order chi connectivity index (χ1) is 7.92. The number of aliphatic hydroxyl groups is 1. The molecule has 0 saturated heterocycles. The Hall–Kier alpha value is -0.800. The summed E-state index contributed by atoms with van der Waals surface area (Å²) in [6.45, 7) is 3.64. The van der Waals surface area contributed by atoms with Crippen molar-refractivity contribution in [1.29, 1.82) is 0 Å². The Kier molecular flexibility index (Phi) is 3.32. The van der Waals surface area contributed by atoms with Gasteiger partial charge in [0.2, 0.25) is 0 Å². The second-order valence-electron chi connectivity index (χ2n) is 4.82. The highest BCUT2D eigenvalue weighted by Gasteiger charge is 2.39. The Balaban J connectivity index is 2.42. The Labute approximate surface area is 105 Å². The largest absolute Gasteiger partial charge is 0.488 e. The van der Waals surface area contributed by atoms with Crippen LogP contribution < -0.4 is 4.74 Å². The molecule has 0 unspecified atom stereocenters. The predicted molar refractivity (Wildman–Crippen MR) is 64.9 cm³/mol. The summed E-state index contributed by atoms with van der Waals surface area (Å²) in [4.78, 5) is 0. The molecule has 94 valence electrons. The highest BCUT2D eigenvalue weighted by atomic mass is 35.5. The minimum absolute atomic E-state index is 0.114. The third kappa shape index (κ3) is 2.40. The van der Waals surface area contributed by atoms with Crippen molar-refractivity contribution in [1.82, 2.24) is 0 Å². The van der Waals surface area contributed by atoms with Crippen LogP contribution in [0.2, 0.25) is 5.02 Å². The van der Waals surface area contributed by atoms with Gasteiger partial charge in [0.05, 0.1) is 11.7 Å². The minimum atomic E-state index is -1.07. The Morgan fingerprint density at radius 3 is 2.53 bits per heavy atom. The van der Waals surface area contributed by atoms with Crippen molar-refractivity contribution in [2.75, 3.05) is 0 Å². The maximum atomic E-state index is 14.2. The van der Waals surface area contributed by atoms with Gasteiger partial charge in [0.25, 0.3) is 0 Å². The minimum Gasteiger partial charge on any atom is -0.488 e. The van der Waals surface area contributed by atoms with Crippen molar-refractivity contribution in [3.8, 4) is 5.75 Å². The van der Waals surface area contributed by atoms with Gasteiger partial charge in [-0.25, -0.2) is 4.39 Å². The molecule has 0 heterocycles. The quantitative estimate of drug-likeness (QED) is 0.897. The number of hydrogen-bond acceptors (Lipinski definition) is 2. The summed E-state index contributed by atoms with van der Waals surface area (Å²) in [5, 5.41) is 10.6. The molecule has 1 fully saturated rings. The Morgan fingerprint density at radius 2 is 2.06 bits per heavy atom. The number of halogens is 2. The molecular weight excluding hydrogens is 243 g/mol. The molecule has 0 atom stereocenters. The normalized spacial score (nSPS) is 18.0. The summed E-state index contributed by atoms with van der Waals surface area (Å²) in [7, 11) is 0. The van der Waals surface area contributed by atoms with E-state index in [0.717, 1.165) is 6.42 Å². The predicted octanol–water partition coefficient (Wildman–Crippen LogP) is 3.64. The van der Waals surface area contributed by atoms with Gasteiger partial charge in [-0.15, -0.1) is 0 Å². The van der Waals surface area contributed by atoms with E-state index in [-0.39, 0.29) is 17.4 Å². The highest BCUT2D eigenvalue weighted by molar-refractivity contribution is 6.30. The molecule has 0 radical (unpaired) electrons. The lowest BCUT2D eigenvalue weighted by atomic mass is 9.75. The lowest BCUT2D eigenvalue weighted by Crippen LogP contribution is -2.34. The lowest BCUT2D eigenvalue weighted by Gasteiger charge is -2.37. The third-order valence-corrected chi connectivity index (χ3v) is 3.27. The SMILES string of the molecule is CC(C)Oc1cc(Cl)cc(C2(O)CCC2)c1F. The fourth-order valence-corrected chi connectivity index (χ4v) is 2.23. The van der Waals surface area contributed by atoms with E-state index < -0.39 is 11.4 Å². The van der Waals surface area contributed by atoms with Gasteiger partial charge in [-0.05, 0) is 39.2 Å². The molecule has 1 aromatic carbocycles. The molecule has 1 aliphatic rings. The van der Waals surface area contributed by atoms with Gasteiger partial charge in [0.1, 0.15) is 0 Å². The number of hydrogen-bond donors (Lipinski definition) is 1. The van der Waals surface area contributed by atoms with E-state index >= 15 is 0 Å². The monoisotopic (exact) mass is 258 g/mol. The molecular formula is C13H16ClFO2. The molecule has 1 aliphatic carbocycles. The zero-order valence-electron chi connectivity index (χ0n) is 9.96. The van der Waals surface area contributed by atoms with E-state index in [1.807, 2.05) is 13.8 Å². The van der Waals surface area contributed by atoms with Gasteiger partial charge in [-0.3, -0.25) is 0 Å². The second kappa shape index (κ2) is 4.46. The van der Waals surface area contributed by atoms with Crippen LogP contribution in [-0.4, -0.2) is 11.2 Å². The summed E-state index contributed by atoms with van der Waals surface area (Å²) in [5.41, 5.74) is -0.809. The molecule has 2 rings (SSSR count). The molecule has 0 spiro atoms. The third-order valence-electron chi connectivity index (χ3n) is 3.05. The van der Waals surface area contributed by atoms with Crippen molar-refractivity contribution >= 4 is 11.6 Å². The van der Waals surface area contributed by atoms with Gasteiger partial charge in [0.15, 0.2) is 11.6 Å². The molecule has 4 heteroatoms. The van der Waals surface area contributed by atoms with Crippen molar-refractivity contribution in [3.63, 3.8) is 0 Å². The second-order valence-corrected chi connectivity index (χ2v) is 5.25. The summed E-state index contributed by atoms with van der Waals surface area (Å²) < 4.78 is 19.5. The Bertz CT molecular complexity index is 428. The maximum absolute atomic E-state index is 14.2. The molecule has 0 aliphatic heterocycles. The topological polar surface area (TPSA) is 29.5 Å². The summed E-state index contributed by atoms with van der Waals surface area (Å²) in [6, 6.07) is 2.94. The van der Waals surface area contributed by atoms with Crippen LogP contribution in [-0.2, 0) is 5.60 Å². The molecule has 0 bridgehead atoms. The van der Waals surface area contributed by atoms with Crippen LogP contribution in [0.15, 0.2) is 12.1 Å². The van der Waals surface area contributed by atoms with Crippen LogP contribution in [0.1, 0.15) is 38.7 Å². The van der Waals surface area contributed by atoms with E-state index in [9.17, 15) is 9.50 Å². The van der Waals surface area contributed by atoms with Crippen LogP contribution in [0.25, 0.3) is 0 Å². The van der Waals surface area contributed by atoms with E-state index in [1.165, 1.54) is 12.1 Å².